The Morgan fingerprint density at radius 1 is 1.47 bits per heavy atom. The van der Waals surface area contributed by atoms with Gasteiger partial charge in [0.05, 0.1) is 13.2 Å². The van der Waals surface area contributed by atoms with Crippen molar-refractivity contribution in [1.82, 2.24) is 20.5 Å². The van der Waals surface area contributed by atoms with E-state index in [9.17, 15) is 0 Å². The first-order chi connectivity index (χ1) is 9.28. The van der Waals surface area contributed by atoms with Gasteiger partial charge in [0.2, 0.25) is 0 Å². The van der Waals surface area contributed by atoms with E-state index in [1.807, 2.05) is 6.07 Å². The molecule has 100 valence electrons. The summed E-state index contributed by atoms with van der Waals surface area (Å²) >= 11 is 0. The number of fused-ring (bicyclic) bond motifs is 1. The first-order valence-corrected chi connectivity index (χ1v) is 6.56. The topological polar surface area (TPSA) is 62.8 Å². The van der Waals surface area contributed by atoms with Gasteiger partial charge in [-0.3, -0.25) is 5.10 Å². The largest absolute Gasteiger partial charge is 0.497 e. The summed E-state index contributed by atoms with van der Waals surface area (Å²) in [7, 11) is 1.70. The maximum absolute atomic E-state index is 5.31. The van der Waals surface area contributed by atoms with E-state index in [2.05, 4.69) is 39.6 Å². The van der Waals surface area contributed by atoms with Crippen LogP contribution in [0.15, 0.2) is 24.5 Å². The average Bonchev–Trinajstić information content (AvgIpc) is 3.08. The molecule has 1 heterocycles. The maximum Gasteiger partial charge on any atom is 0.141 e. The minimum absolute atomic E-state index is 0.157. The predicted octanol–water partition coefficient (Wildman–Crippen LogP) is 2.15. The Bertz CT molecular complexity index is 553. The quantitative estimate of drug-likeness (QED) is 0.882. The molecule has 0 fully saturated rings. The van der Waals surface area contributed by atoms with Crippen molar-refractivity contribution < 1.29 is 4.74 Å². The van der Waals surface area contributed by atoms with Gasteiger partial charge in [-0.05, 0) is 43.0 Å². The number of aryl methyl sites for hydroxylation is 1. The molecule has 5 heteroatoms. The SMILES string of the molecule is COc1ccc2c(c1)C(NC(C)c1ncn[nH]1)CC2. The molecule has 0 radical (unpaired) electrons. The van der Waals surface area contributed by atoms with Gasteiger partial charge in [-0.15, -0.1) is 0 Å². The molecular formula is C14H18N4O. The van der Waals surface area contributed by atoms with Gasteiger partial charge in [0, 0.05) is 6.04 Å². The van der Waals surface area contributed by atoms with Crippen molar-refractivity contribution in [3.8, 4) is 5.75 Å². The third kappa shape index (κ3) is 2.33. The third-order valence-electron chi connectivity index (χ3n) is 3.73. The molecule has 0 saturated carbocycles. The van der Waals surface area contributed by atoms with Gasteiger partial charge in [0.25, 0.3) is 0 Å². The van der Waals surface area contributed by atoms with Crippen LogP contribution in [0.3, 0.4) is 0 Å². The number of nitrogens with zero attached hydrogens (tertiary/aromatic N) is 2. The number of H-pyrrole nitrogens is 1. The molecule has 2 unspecified atom stereocenters. The highest BCUT2D eigenvalue weighted by atomic mass is 16.5. The summed E-state index contributed by atoms with van der Waals surface area (Å²) in [5.41, 5.74) is 2.74. The molecule has 3 rings (SSSR count). The average molecular weight is 258 g/mol. The number of rotatable bonds is 4. The van der Waals surface area contributed by atoms with Crippen molar-refractivity contribution in [3.63, 3.8) is 0 Å². The Hall–Kier alpha value is -1.88. The van der Waals surface area contributed by atoms with E-state index in [0.29, 0.717) is 6.04 Å². The van der Waals surface area contributed by atoms with Crippen LogP contribution < -0.4 is 10.1 Å². The second-order valence-corrected chi connectivity index (χ2v) is 4.92. The Labute approximate surface area is 112 Å². The predicted molar refractivity (Wildman–Crippen MR) is 72.0 cm³/mol. The first kappa shape index (κ1) is 12.2. The lowest BCUT2D eigenvalue weighted by molar-refractivity contribution is 0.411. The fourth-order valence-electron chi connectivity index (χ4n) is 2.68. The van der Waals surface area contributed by atoms with E-state index in [4.69, 9.17) is 4.74 Å². The molecule has 0 bridgehead atoms. The molecule has 19 heavy (non-hydrogen) atoms. The van der Waals surface area contributed by atoms with Gasteiger partial charge >= 0.3 is 0 Å². The summed E-state index contributed by atoms with van der Waals surface area (Å²) in [6, 6.07) is 6.83. The second kappa shape index (κ2) is 5.01. The Balaban J connectivity index is 1.78. The highest BCUT2D eigenvalue weighted by molar-refractivity contribution is 5.40. The van der Waals surface area contributed by atoms with Gasteiger partial charge in [0.1, 0.15) is 17.9 Å². The molecule has 1 aromatic heterocycles. The first-order valence-electron chi connectivity index (χ1n) is 6.56. The number of methoxy groups -OCH3 is 1. The van der Waals surface area contributed by atoms with E-state index < -0.39 is 0 Å². The molecule has 0 amide bonds. The Morgan fingerprint density at radius 3 is 3.11 bits per heavy atom. The van der Waals surface area contributed by atoms with Crippen LogP contribution in [0.5, 0.6) is 5.75 Å². The van der Waals surface area contributed by atoms with E-state index in [1.54, 1.807) is 13.4 Å². The van der Waals surface area contributed by atoms with Crippen molar-refractivity contribution >= 4 is 0 Å². The lowest BCUT2D eigenvalue weighted by Crippen LogP contribution is -2.23. The van der Waals surface area contributed by atoms with E-state index in [1.165, 1.54) is 11.1 Å². The van der Waals surface area contributed by atoms with Crippen molar-refractivity contribution in [2.24, 2.45) is 0 Å². The molecule has 0 aliphatic heterocycles. The number of aromatic nitrogens is 3. The fourth-order valence-corrected chi connectivity index (χ4v) is 2.68. The van der Waals surface area contributed by atoms with E-state index in [0.717, 1.165) is 24.4 Å². The van der Waals surface area contributed by atoms with E-state index in [-0.39, 0.29) is 6.04 Å². The molecule has 2 N–H and O–H groups in total. The highest BCUT2D eigenvalue weighted by Gasteiger charge is 2.25. The number of nitrogens with one attached hydrogen (secondary N) is 2. The molecule has 1 aliphatic carbocycles. The van der Waals surface area contributed by atoms with Gasteiger partial charge in [-0.2, -0.15) is 5.10 Å². The standard InChI is InChI=1S/C14H18N4O/c1-9(14-15-8-16-18-14)17-13-6-4-10-3-5-11(19-2)7-12(10)13/h3,5,7-9,13,17H,4,6H2,1-2H3,(H,15,16,18). The zero-order valence-corrected chi connectivity index (χ0v) is 11.2. The van der Waals surface area contributed by atoms with Crippen LogP contribution in [0.4, 0.5) is 0 Å². The van der Waals surface area contributed by atoms with Gasteiger partial charge < -0.3 is 10.1 Å². The van der Waals surface area contributed by atoms with Crippen LogP contribution in [0, 0.1) is 0 Å². The molecule has 2 aromatic rings. The summed E-state index contributed by atoms with van der Waals surface area (Å²) in [4.78, 5) is 4.19. The fraction of sp³-hybridized carbons (Fsp3) is 0.429. The van der Waals surface area contributed by atoms with Crippen LogP contribution in [-0.2, 0) is 6.42 Å². The summed E-state index contributed by atoms with van der Waals surface area (Å²) in [6.07, 6.45) is 3.76. The minimum Gasteiger partial charge on any atom is -0.497 e. The summed E-state index contributed by atoms with van der Waals surface area (Å²) < 4.78 is 5.31. The normalized spacial score (nSPS) is 19.2. The van der Waals surface area contributed by atoms with Crippen LogP contribution in [-0.4, -0.2) is 22.3 Å². The smallest absolute Gasteiger partial charge is 0.141 e. The maximum atomic E-state index is 5.31. The van der Waals surface area contributed by atoms with Crippen molar-refractivity contribution in [2.45, 2.75) is 31.8 Å². The zero-order chi connectivity index (χ0) is 13.2. The van der Waals surface area contributed by atoms with Crippen molar-refractivity contribution in [3.05, 3.63) is 41.5 Å². The Kier molecular flexibility index (Phi) is 3.21. The summed E-state index contributed by atoms with van der Waals surface area (Å²) in [6.45, 7) is 2.10. The summed E-state index contributed by atoms with van der Waals surface area (Å²) in [5.74, 6) is 1.79. The van der Waals surface area contributed by atoms with Crippen LogP contribution in [0.1, 0.15) is 42.4 Å². The molecule has 0 spiro atoms. The lowest BCUT2D eigenvalue weighted by Gasteiger charge is -2.19. The number of ether oxygens (including phenoxy) is 1. The molecule has 5 nitrogen and oxygen atoms in total. The molecule has 1 aliphatic rings. The molecule has 0 saturated heterocycles. The second-order valence-electron chi connectivity index (χ2n) is 4.92. The monoisotopic (exact) mass is 258 g/mol. The van der Waals surface area contributed by atoms with Crippen molar-refractivity contribution in [1.29, 1.82) is 0 Å². The molecule has 2 atom stereocenters. The lowest BCUT2D eigenvalue weighted by atomic mass is 10.1. The van der Waals surface area contributed by atoms with Crippen LogP contribution >= 0.6 is 0 Å². The van der Waals surface area contributed by atoms with Crippen molar-refractivity contribution in [2.75, 3.05) is 7.11 Å². The number of hydrogen-bond acceptors (Lipinski definition) is 4. The highest BCUT2D eigenvalue weighted by Crippen LogP contribution is 2.34. The number of benzene rings is 1. The number of hydrogen-bond donors (Lipinski definition) is 2. The van der Waals surface area contributed by atoms with Crippen LogP contribution in [0.25, 0.3) is 0 Å². The van der Waals surface area contributed by atoms with Gasteiger partial charge in [0.15, 0.2) is 0 Å². The molecule has 1 aromatic carbocycles. The Morgan fingerprint density at radius 2 is 2.37 bits per heavy atom. The third-order valence-corrected chi connectivity index (χ3v) is 3.73. The van der Waals surface area contributed by atoms with Gasteiger partial charge in [-0.1, -0.05) is 6.07 Å². The number of aromatic amines is 1. The molecular weight excluding hydrogens is 240 g/mol. The zero-order valence-electron chi connectivity index (χ0n) is 11.2. The minimum atomic E-state index is 0.157. The summed E-state index contributed by atoms with van der Waals surface area (Å²) in [5, 5.41) is 10.4. The van der Waals surface area contributed by atoms with Crippen LogP contribution in [0.2, 0.25) is 0 Å². The van der Waals surface area contributed by atoms with E-state index >= 15 is 0 Å². The van der Waals surface area contributed by atoms with Gasteiger partial charge in [-0.25, -0.2) is 4.98 Å².